The molecule has 0 heterocycles. The maximum atomic E-state index is 12.0. The van der Waals surface area contributed by atoms with Gasteiger partial charge in [0.1, 0.15) is 0 Å². The second-order valence-electron chi connectivity index (χ2n) is 3.28. The highest BCUT2D eigenvalue weighted by atomic mass is 79.9. The maximum Gasteiger partial charge on any atom is 0.389 e. The van der Waals surface area contributed by atoms with Crippen LogP contribution in [-0.2, 0) is 0 Å². The van der Waals surface area contributed by atoms with Crippen molar-refractivity contribution in [3.05, 3.63) is 34.3 Å². The van der Waals surface area contributed by atoms with E-state index < -0.39 is 18.6 Å². The first-order chi connectivity index (χ1) is 6.90. The molecule has 0 spiro atoms. The lowest BCUT2D eigenvalue weighted by Crippen LogP contribution is -2.16. The largest absolute Gasteiger partial charge is 0.389 e. The summed E-state index contributed by atoms with van der Waals surface area (Å²) in [6.07, 6.45) is -5.08. The normalized spacial score (nSPS) is 13.1. The smallest absolute Gasteiger partial charge is 0.324 e. The van der Waals surface area contributed by atoms with Crippen molar-refractivity contribution in [2.24, 2.45) is 5.73 Å². The van der Waals surface area contributed by atoms with Crippen molar-refractivity contribution < 1.29 is 13.2 Å². The van der Waals surface area contributed by atoms with Gasteiger partial charge in [0.15, 0.2) is 0 Å². The summed E-state index contributed by atoms with van der Waals surface area (Å²) in [5, 5.41) is 0. The molecule has 92 valence electrons. The quantitative estimate of drug-likeness (QED) is 0.887. The van der Waals surface area contributed by atoms with Gasteiger partial charge in [-0.2, -0.15) is 13.2 Å². The fourth-order valence-electron chi connectivity index (χ4n) is 1.25. The van der Waals surface area contributed by atoms with Crippen LogP contribution < -0.4 is 5.73 Å². The molecule has 1 aromatic rings. The van der Waals surface area contributed by atoms with Crippen molar-refractivity contribution in [1.29, 1.82) is 0 Å². The van der Waals surface area contributed by atoms with Crippen LogP contribution in [0.1, 0.15) is 24.4 Å². The summed E-state index contributed by atoms with van der Waals surface area (Å²) in [5.74, 6) is 0. The van der Waals surface area contributed by atoms with E-state index in [1.807, 2.05) is 0 Å². The van der Waals surface area contributed by atoms with Gasteiger partial charge in [0.2, 0.25) is 0 Å². The summed E-state index contributed by atoms with van der Waals surface area (Å²) in [5.41, 5.74) is 6.38. The Balaban J connectivity index is 0.00000225. The van der Waals surface area contributed by atoms with Crippen LogP contribution >= 0.6 is 28.3 Å². The lowest BCUT2D eigenvalue weighted by Gasteiger charge is -2.14. The minimum Gasteiger partial charge on any atom is -0.324 e. The van der Waals surface area contributed by atoms with Crippen molar-refractivity contribution in [3.63, 3.8) is 0 Å². The van der Waals surface area contributed by atoms with Crippen LogP contribution in [0.3, 0.4) is 0 Å². The molecule has 0 radical (unpaired) electrons. The molecule has 0 aliphatic rings. The molecule has 0 amide bonds. The van der Waals surface area contributed by atoms with E-state index >= 15 is 0 Å². The standard InChI is InChI=1S/C10H11BrF3N.ClH/c11-8-4-2-1-3-7(8)9(15)5-6-10(12,13)14;/h1-4,9H,5-6,15H2;1H/t9-;/m0./s1. The van der Waals surface area contributed by atoms with E-state index in [0.29, 0.717) is 5.56 Å². The summed E-state index contributed by atoms with van der Waals surface area (Å²) in [6, 6.07) is 6.47. The van der Waals surface area contributed by atoms with Crippen LogP contribution in [0.2, 0.25) is 0 Å². The highest BCUT2D eigenvalue weighted by Gasteiger charge is 2.28. The van der Waals surface area contributed by atoms with Gasteiger partial charge < -0.3 is 5.73 Å². The zero-order chi connectivity index (χ0) is 11.5. The average Bonchev–Trinajstić information content (AvgIpc) is 2.14. The number of nitrogens with two attached hydrogens (primary N) is 1. The topological polar surface area (TPSA) is 26.0 Å². The van der Waals surface area contributed by atoms with Gasteiger partial charge in [-0.15, -0.1) is 12.4 Å². The first kappa shape index (κ1) is 15.7. The van der Waals surface area contributed by atoms with E-state index in [1.165, 1.54) is 0 Å². The molecular formula is C10H12BrClF3N. The monoisotopic (exact) mass is 317 g/mol. The number of hydrogen-bond donors (Lipinski definition) is 1. The number of hydrogen-bond acceptors (Lipinski definition) is 1. The van der Waals surface area contributed by atoms with Gasteiger partial charge in [-0.1, -0.05) is 34.1 Å². The molecule has 2 N–H and O–H groups in total. The first-order valence-electron chi connectivity index (χ1n) is 4.47. The summed E-state index contributed by atoms with van der Waals surface area (Å²) in [7, 11) is 0. The first-order valence-corrected chi connectivity index (χ1v) is 5.26. The fourth-order valence-corrected chi connectivity index (χ4v) is 1.83. The Morgan fingerprint density at radius 1 is 1.25 bits per heavy atom. The molecule has 0 aliphatic carbocycles. The highest BCUT2D eigenvalue weighted by molar-refractivity contribution is 9.10. The lowest BCUT2D eigenvalue weighted by atomic mass is 10.0. The molecule has 1 nitrogen and oxygen atoms in total. The van der Waals surface area contributed by atoms with Crippen LogP contribution in [0, 0.1) is 0 Å². The van der Waals surface area contributed by atoms with E-state index in [4.69, 9.17) is 5.73 Å². The lowest BCUT2D eigenvalue weighted by molar-refractivity contribution is -0.136. The van der Waals surface area contributed by atoms with E-state index in [2.05, 4.69) is 15.9 Å². The third-order valence-corrected chi connectivity index (χ3v) is 2.77. The third-order valence-electron chi connectivity index (χ3n) is 2.04. The Labute approximate surface area is 107 Å². The molecule has 1 rings (SSSR count). The average molecular weight is 319 g/mol. The Morgan fingerprint density at radius 2 is 1.81 bits per heavy atom. The van der Waals surface area contributed by atoms with Gasteiger partial charge in [-0.3, -0.25) is 0 Å². The van der Waals surface area contributed by atoms with Crippen LogP contribution in [0.15, 0.2) is 28.7 Å². The van der Waals surface area contributed by atoms with Crippen molar-refractivity contribution in [2.75, 3.05) is 0 Å². The molecule has 1 atom stereocenters. The predicted octanol–water partition coefficient (Wildman–Crippen LogP) is 4.21. The fraction of sp³-hybridized carbons (Fsp3) is 0.400. The summed E-state index contributed by atoms with van der Waals surface area (Å²) < 4.78 is 36.6. The molecule has 0 saturated heterocycles. The Hall–Kier alpha value is -0.260. The van der Waals surface area contributed by atoms with E-state index in [0.717, 1.165) is 4.47 Å². The molecular weight excluding hydrogens is 306 g/mol. The summed E-state index contributed by atoms with van der Waals surface area (Å²) in [6.45, 7) is 0. The van der Waals surface area contributed by atoms with E-state index in [9.17, 15) is 13.2 Å². The zero-order valence-corrected chi connectivity index (χ0v) is 10.7. The van der Waals surface area contributed by atoms with Gasteiger partial charge in [0, 0.05) is 16.9 Å². The number of rotatable bonds is 3. The minimum absolute atomic E-state index is 0. The second kappa shape index (κ2) is 6.47. The Kier molecular flexibility index (Phi) is 6.36. The van der Waals surface area contributed by atoms with Gasteiger partial charge in [-0.25, -0.2) is 0 Å². The number of halogens is 5. The van der Waals surface area contributed by atoms with Crippen molar-refractivity contribution >= 4 is 28.3 Å². The molecule has 1 aromatic carbocycles. The van der Waals surface area contributed by atoms with Gasteiger partial charge in [0.05, 0.1) is 0 Å². The number of alkyl halides is 3. The Morgan fingerprint density at radius 3 is 2.31 bits per heavy atom. The molecule has 16 heavy (non-hydrogen) atoms. The zero-order valence-electron chi connectivity index (χ0n) is 8.30. The Bertz CT molecular complexity index is 330. The SMILES string of the molecule is Cl.N[C@@H](CCC(F)(F)F)c1ccccc1Br. The molecule has 0 aromatic heterocycles. The van der Waals surface area contributed by atoms with Gasteiger partial charge in [-0.05, 0) is 18.1 Å². The summed E-state index contributed by atoms with van der Waals surface area (Å²) in [4.78, 5) is 0. The van der Waals surface area contributed by atoms with Crippen LogP contribution in [0.25, 0.3) is 0 Å². The van der Waals surface area contributed by atoms with Crippen molar-refractivity contribution in [1.82, 2.24) is 0 Å². The third kappa shape index (κ3) is 5.18. The number of benzene rings is 1. The van der Waals surface area contributed by atoms with Crippen LogP contribution in [-0.4, -0.2) is 6.18 Å². The van der Waals surface area contributed by atoms with Gasteiger partial charge >= 0.3 is 6.18 Å². The second-order valence-corrected chi connectivity index (χ2v) is 4.14. The van der Waals surface area contributed by atoms with Crippen LogP contribution in [0.4, 0.5) is 13.2 Å². The molecule has 6 heteroatoms. The van der Waals surface area contributed by atoms with Crippen molar-refractivity contribution in [2.45, 2.75) is 25.1 Å². The van der Waals surface area contributed by atoms with Gasteiger partial charge in [0.25, 0.3) is 0 Å². The maximum absolute atomic E-state index is 12.0. The summed E-state index contributed by atoms with van der Waals surface area (Å²) >= 11 is 3.26. The molecule has 0 saturated carbocycles. The molecule has 0 fully saturated rings. The van der Waals surface area contributed by atoms with E-state index in [1.54, 1.807) is 24.3 Å². The minimum atomic E-state index is -4.14. The van der Waals surface area contributed by atoms with Crippen LogP contribution in [0.5, 0.6) is 0 Å². The van der Waals surface area contributed by atoms with Crippen molar-refractivity contribution in [3.8, 4) is 0 Å². The van der Waals surface area contributed by atoms with E-state index in [-0.39, 0.29) is 18.8 Å². The predicted molar refractivity (Wildman–Crippen MR) is 63.6 cm³/mol. The molecule has 0 aliphatic heterocycles. The molecule has 0 bridgehead atoms. The molecule has 0 unspecified atom stereocenters. The highest BCUT2D eigenvalue weighted by Crippen LogP contribution is 2.29.